The van der Waals surface area contributed by atoms with E-state index >= 15 is 0 Å². The second kappa shape index (κ2) is 7.67. The standard InChI is InChI=1S/C21H22N4O6S2/c26-21(27)25-11-9-14(25)16(23-10-11)19-24-17-15(30-12-3-7-33(28,29)8-4-12)2-1-13(18(17)31-19)20-22-5-6-32-20/h1-2,5-6,11-12,14,16,23H,3-4,7-10H2,(H,26,27). The Morgan fingerprint density at radius 2 is 2.12 bits per heavy atom. The Labute approximate surface area is 193 Å². The monoisotopic (exact) mass is 490 g/mol. The van der Waals surface area contributed by atoms with Crippen molar-refractivity contribution in [3.05, 3.63) is 29.6 Å². The lowest BCUT2D eigenvalue weighted by molar-refractivity contribution is -0.0311. The van der Waals surface area contributed by atoms with Crippen molar-refractivity contribution in [2.24, 2.45) is 0 Å². The summed E-state index contributed by atoms with van der Waals surface area (Å²) in [5.74, 6) is 1.17. The quantitative estimate of drug-likeness (QED) is 0.566. The molecule has 4 aliphatic heterocycles. The van der Waals surface area contributed by atoms with Crippen molar-refractivity contribution in [3.63, 3.8) is 0 Å². The number of benzene rings is 1. The highest BCUT2D eigenvalue weighted by Crippen LogP contribution is 2.42. The molecule has 6 heterocycles. The van der Waals surface area contributed by atoms with Gasteiger partial charge in [-0.25, -0.2) is 23.2 Å². The summed E-state index contributed by atoms with van der Waals surface area (Å²) in [6.45, 7) is 0.547. The molecule has 0 saturated carbocycles. The van der Waals surface area contributed by atoms with E-state index in [9.17, 15) is 18.3 Å². The molecule has 12 heteroatoms. The molecule has 3 atom stereocenters. The molecular weight excluding hydrogens is 468 g/mol. The van der Waals surface area contributed by atoms with Gasteiger partial charge in [0, 0.05) is 24.2 Å². The number of oxazole rings is 1. The van der Waals surface area contributed by atoms with Crippen LogP contribution in [0.15, 0.2) is 28.1 Å². The average molecular weight is 491 g/mol. The zero-order valence-corrected chi connectivity index (χ0v) is 19.1. The Morgan fingerprint density at radius 1 is 1.30 bits per heavy atom. The predicted octanol–water partition coefficient (Wildman–Crippen LogP) is 2.67. The molecule has 2 N–H and O–H groups in total. The maximum absolute atomic E-state index is 11.8. The lowest BCUT2D eigenvalue weighted by Crippen LogP contribution is -2.70. The van der Waals surface area contributed by atoms with Gasteiger partial charge >= 0.3 is 6.09 Å². The molecule has 4 aliphatic rings. The number of nitrogens with one attached hydrogen (secondary N) is 1. The minimum absolute atomic E-state index is 0.0134. The molecule has 3 unspecified atom stereocenters. The van der Waals surface area contributed by atoms with Crippen LogP contribution in [0.1, 0.15) is 31.2 Å². The summed E-state index contributed by atoms with van der Waals surface area (Å²) in [6, 6.07) is 3.11. The second-order valence-electron chi connectivity index (χ2n) is 8.68. The zero-order valence-electron chi connectivity index (χ0n) is 17.5. The summed E-state index contributed by atoms with van der Waals surface area (Å²) in [7, 11) is -2.99. The fourth-order valence-corrected chi connectivity index (χ4v) is 7.09. The van der Waals surface area contributed by atoms with Crippen molar-refractivity contribution < 1.29 is 27.5 Å². The van der Waals surface area contributed by atoms with E-state index in [4.69, 9.17) is 14.1 Å². The third kappa shape index (κ3) is 3.56. The van der Waals surface area contributed by atoms with Gasteiger partial charge in [0.15, 0.2) is 20.9 Å². The third-order valence-electron chi connectivity index (χ3n) is 6.69. The van der Waals surface area contributed by atoms with Gasteiger partial charge in [-0.3, -0.25) is 4.90 Å². The number of nitrogens with zero attached hydrogens (tertiary/aromatic N) is 3. The third-order valence-corrected chi connectivity index (χ3v) is 9.21. The number of aromatic nitrogens is 2. The molecule has 10 nitrogen and oxygen atoms in total. The van der Waals surface area contributed by atoms with Gasteiger partial charge < -0.3 is 19.6 Å². The molecule has 0 spiro atoms. The summed E-state index contributed by atoms with van der Waals surface area (Å²) in [5, 5.41) is 15.6. The van der Waals surface area contributed by atoms with Crippen LogP contribution >= 0.6 is 11.3 Å². The predicted molar refractivity (Wildman–Crippen MR) is 120 cm³/mol. The molecular formula is C21H22N4O6S2. The maximum Gasteiger partial charge on any atom is 0.407 e. The SMILES string of the molecule is O=C(O)N1C2CNC(c3nc4c(OC5CCS(=O)(=O)CC5)ccc(-c5nccs5)c4o3)C1C2. The first-order valence-corrected chi connectivity index (χ1v) is 13.5. The molecule has 0 aliphatic carbocycles. The van der Waals surface area contributed by atoms with Crippen LogP contribution < -0.4 is 10.1 Å². The first-order valence-electron chi connectivity index (χ1n) is 10.8. The first kappa shape index (κ1) is 20.9. The largest absolute Gasteiger partial charge is 0.488 e. The maximum atomic E-state index is 11.8. The Bertz CT molecular complexity index is 1310. The number of sulfone groups is 1. The highest BCUT2D eigenvalue weighted by atomic mass is 32.2. The van der Waals surface area contributed by atoms with Gasteiger partial charge in [0.05, 0.1) is 23.1 Å². The van der Waals surface area contributed by atoms with Crippen LogP contribution in [0.2, 0.25) is 0 Å². The van der Waals surface area contributed by atoms with Crippen LogP contribution in [0.5, 0.6) is 5.75 Å². The van der Waals surface area contributed by atoms with E-state index in [0.717, 1.165) is 17.0 Å². The van der Waals surface area contributed by atoms with Crippen molar-refractivity contribution in [3.8, 4) is 16.3 Å². The van der Waals surface area contributed by atoms with Gasteiger partial charge in [-0.05, 0) is 31.4 Å². The van der Waals surface area contributed by atoms with Crippen molar-refractivity contribution in [1.29, 1.82) is 0 Å². The number of carbonyl (C=O) groups is 1. The highest BCUT2D eigenvalue weighted by Gasteiger charge is 2.51. The van der Waals surface area contributed by atoms with Crippen LogP contribution in [0.4, 0.5) is 4.79 Å². The molecule has 4 saturated heterocycles. The summed E-state index contributed by atoms with van der Waals surface area (Å²) in [6.07, 6.45) is 2.21. The summed E-state index contributed by atoms with van der Waals surface area (Å²) < 4.78 is 36.0. The zero-order chi connectivity index (χ0) is 22.7. The van der Waals surface area contributed by atoms with Crippen LogP contribution in [0, 0.1) is 0 Å². The minimum atomic E-state index is -2.99. The van der Waals surface area contributed by atoms with Gasteiger partial charge in [0.1, 0.15) is 22.9 Å². The number of rotatable bonds is 4. The number of piperidine rings is 1. The lowest BCUT2D eigenvalue weighted by Gasteiger charge is -2.54. The number of hydrogen-bond donors (Lipinski definition) is 2. The fraction of sp³-hybridized carbons (Fsp3) is 0.476. The Morgan fingerprint density at radius 3 is 2.82 bits per heavy atom. The first-order chi connectivity index (χ1) is 15.9. The number of amides is 1. The number of thiazole rings is 1. The van der Waals surface area contributed by atoms with E-state index in [1.165, 1.54) is 16.2 Å². The van der Waals surface area contributed by atoms with Gasteiger partial charge in [0.2, 0.25) is 5.89 Å². The van der Waals surface area contributed by atoms with Crippen LogP contribution in [-0.2, 0) is 9.84 Å². The molecule has 1 amide bonds. The Kier molecular flexibility index (Phi) is 4.85. The van der Waals surface area contributed by atoms with Crippen LogP contribution in [0.25, 0.3) is 21.7 Å². The number of piperazine rings is 1. The van der Waals surface area contributed by atoms with E-state index in [1.54, 1.807) is 6.20 Å². The molecule has 2 bridgehead atoms. The van der Waals surface area contributed by atoms with Gasteiger partial charge in [-0.1, -0.05) is 0 Å². The van der Waals surface area contributed by atoms with E-state index in [1.807, 2.05) is 17.5 Å². The molecule has 0 radical (unpaired) electrons. The molecule has 3 aromatic rings. The number of ether oxygens (including phenoxy) is 1. The molecule has 174 valence electrons. The minimum Gasteiger partial charge on any atom is -0.488 e. The van der Waals surface area contributed by atoms with Gasteiger partial charge in [-0.2, -0.15) is 0 Å². The van der Waals surface area contributed by atoms with E-state index < -0.39 is 15.9 Å². The number of fused-ring (bicyclic) bond motifs is 3. The summed E-state index contributed by atoms with van der Waals surface area (Å²) in [4.78, 5) is 22.3. The highest BCUT2D eigenvalue weighted by molar-refractivity contribution is 7.91. The van der Waals surface area contributed by atoms with Gasteiger partial charge in [-0.15, -0.1) is 11.3 Å². The normalized spacial score (nSPS) is 26.8. The molecule has 4 fully saturated rings. The molecule has 2 aromatic heterocycles. The average Bonchev–Trinajstić information content (AvgIpc) is 3.45. The Hall–Kier alpha value is -2.70. The van der Waals surface area contributed by atoms with E-state index in [2.05, 4.69) is 10.3 Å². The van der Waals surface area contributed by atoms with Crippen LogP contribution in [-0.4, -0.2) is 70.7 Å². The summed E-state index contributed by atoms with van der Waals surface area (Å²) >= 11 is 1.48. The lowest BCUT2D eigenvalue weighted by atomic mass is 9.83. The van der Waals surface area contributed by atoms with Crippen molar-refractivity contribution in [1.82, 2.24) is 20.2 Å². The van der Waals surface area contributed by atoms with Crippen molar-refractivity contribution in [2.45, 2.75) is 43.5 Å². The topological polar surface area (TPSA) is 135 Å². The number of carboxylic acid groups (broad SMARTS) is 1. The molecule has 1 aromatic carbocycles. The number of hydrogen-bond acceptors (Lipinski definition) is 9. The van der Waals surface area contributed by atoms with Crippen molar-refractivity contribution >= 4 is 38.4 Å². The summed E-state index contributed by atoms with van der Waals surface area (Å²) in [5.41, 5.74) is 1.86. The fourth-order valence-electron chi connectivity index (χ4n) is 4.98. The molecule has 7 rings (SSSR count). The second-order valence-corrected chi connectivity index (χ2v) is 11.9. The van der Waals surface area contributed by atoms with E-state index in [0.29, 0.717) is 42.1 Å². The molecule has 33 heavy (non-hydrogen) atoms. The van der Waals surface area contributed by atoms with Crippen LogP contribution in [0.3, 0.4) is 0 Å². The van der Waals surface area contributed by atoms with Crippen molar-refractivity contribution in [2.75, 3.05) is 18.1 Å². The smallest absolute Gasteiger partial charge is 0.407 e. The van der Waals surface area contributed by atoms with E-state index in [-0.39, 0.29) is 35.7 Å². The Balaban J connectivity index is 1.38. The van der Waals surface area contributed by atoms with Gasteiger partial charge in [0.25, 0.3) is 0 Å².